The molecule has 8 nitrogen and oxygen atoms in total. The Kier molecular flexibility index (Phi) is 10.1. The highest BCUT2D eigenvalue weighted by atomic mass is 19.2. The number of hydrogen-bond acceptors (Lipinski definition) is 5. The van der Waals surface area contributed by atoms with Crippen molar-refractivity contribution in [2.45, 2.75) is 65.6 Å². The van der Waals surface area contributed by atoms with Crippen LogP contribution in [0, 0.1) is 28.8 Å². The minimum absolute atomic E-state index is 0.0140. The van der Waals surface area contributed by atoms with E-state index in [0.717, 1.165) is 18.9 Å². The van der Waals surface area contributed by atoms with E-state index in [9.17, 15) is 32.8 Å². The van der Waals surface area contributed by atoms with Crippen molar-refractivity contribution in [1.82, 2.24) is 20.6 Å². The van der Waals surface area contributed by atoms with Crippen LogP contribution in [0.1, 0.15) is 52.5 Å². The zero-order valence-corrected chi connectivity index (χ0v) is 20.6. The van der Waals surface area contributed by atoms with E-state index in [1.807, 2.05) is 27.7 Å². The number of carbonyl (C=O) groups is 3. The molecule has 0 radical (unpaired) electrons. The Bertz CT molecular complexity index is 903. The highest BCUT2D eigenvalue weighted by Gasteiger charge is 2.41. The number of benzene rings is 1. The minimum Gasteiger partial charge on any atom is -0.344 e. The zero-order valence-electron chi connectivity index (χ0n) is 20.6. The van der Waals surface area contributed by atoms with Gasteiger partial charge in [0.15, 0.2) is 11.6 Å². The third kappa shape index (κ3) is 7.93. The first-order chi connectivity index (χ1) is 16.4. The van der Waals surface area contributed by atoms with Crippen molar-refractivity contribution in [2.75, 3.05) is 19.6 Å². The Hall–Kier alpha value is -2.66. The standard InChI is InChI=1S/C24H35F3N4O4/c1-5-6-7-15(11-31(35)14-32)22(33)29-21(24(2,3)4)23(34)30-12-17(13-30)28-10-16-8-19(26)20(27)9-18(16)25/h8-9,14-15,17,21,28,35H,5-7,10-13H2,1-4H3,(H,29,33)/t15-,21-/m1/s1. The Labute approximate surface area is 203 Å². The van der Waals surface area contributed by atoms with E-state index in [-0.39, 0.29) is 37.0 Å². The van der Waals surface area contributed by atoms with Gasteiger partial charge in [-0.25, -0.2) is 18.2 Å². The Morgan fingerprint density at radius 2 is 1.83 bits per heavy atom. The molecule has 0 spiro atoms. The van der Waals surface area contributed by atoms with Gasteiger partial charge in [-0.2, -0.15) is 0 Å². The molecule has 2 atom stereocenters. The van der Waals surface area contributed by atoms with Gasteiger partial charge in [-0.15, -0.1) is 0 Å². The summed E-state index contributed by atoms with van der Waals surface area (Å²) in [6.07, 6.45) is 2.23. The average molecular weight is 501 g/mol. The molecule has 0 saturated carbocycles. The second-order valence-corrected chi connectivity index (χ2v) is 10.1. The molecule has 1 aromatic carbocycles. The van der Waals surface area contributed by atoms with Crippen molar-refractivity contribution in [3.05, 3.63) is 35.1 Å². The number of carbonyl (C=O) groups excluding carboxylic acids is 3. The van der Waals surface area contributed by atoms with Crippen molar-refractivity contribution < 1.29 is 32.8 Å². The molecular formula is C24H35F3N4O4. The predicted molar refractivity (Wildman–Crippen MR) is 122 cm³/mol. The fourth-order valence-corrected chi connectivity index (χ4v) is 3.86. The number of unbranched alkanes of at least 4 members (excludes halogenated alkanes) is 1. The molecular weight excluding hydrogens is 465 g/mol. The fraction of sp³-hybridized carbons (Fsp3) is 0.625. The van der Waals surface area contributed by atoms with Crippen LogP contribution in [0.2, 0.25) is 0 Å². The van der Waals surface area contributed by atoms with Gasteiger partial charge in [0.25, 0.3) is 0 Å². The number of nitrogens with one attached hydrogen (secondary N) is 2. The van der Waals surface area contributed by atoms with Crippen LogP contribution < -0.4 is 10.6 Å². The van der Waals surface area contributed by atoms with Gasteiger partial charge in [-0.3, -0.25) is 19.6 Å². The summed E-state index contributed by atoms with van der Waals surface area (Å²) in [7, 11) is 0. The number of likely N-dealkylation sites (tertiary alicyclic amines) is 1. The monoisotopic (exact) mass is 500 g/mol. The van der Waals surface area contributed by atoms with Crippen molar-refractivity contribution in [2.24, 2.45) is 11.3 Å². The van der Waals surface area contributed by atoms with E-state index in [0.29, 0.717) is 30.6 Å². The van der Waals surface area contributed by atoms with Crippen LogP contribution in [0.4, 0.5) is 13.2 Å². The second kappa shape index (κ2) is 12.3. The lowest BCUT2D eigenvalue weighted by molar-refractivity contribution is -0.156. The van der Waals surface area contributed by atoms with E-state index in [1.165, 1.54) is 0 Å². The van der Waals surface area contributed by atoms with Crippen LogP contribution in [0.15, 0.2) is 12.1 Å². The third-order valence-electron chi connectivity index (χ3n) is 6.07. The highest BCUT2D eigenvalue weighted by Crippen LogP contribution is 2.25. The zero-order chi connectivity index (χ0) is 26.3. The van der Waals surface area contributed by atoms with Crippen LogP contribution in [0.25, 0.3) is 0 Å². The quantitative estimate of drug-likeness (QED) is 0.177. The summed E-state index contributed by atoms with van der Waals surface area (Å²) < 4.78 is 40.3. The number of hydroxylamine groups is 2. The molecule has 196 valence electrons. The molecule has 0 unspecified atom stereocenters. The molecule has 0 bridgehead atoms. The molecule has 1 aliphatic rings. The summed E-state index contributed by atoms with van der Waals surface area (Å²) in [5.74, 6) is -4.61. The molecule has 3 amide bonds. The van der Waals surface area contributed by atoms with Crippen LogP contribution >= 0.6 is 0 Å². The Morgan fingerprint density at radius 1 is 1.20 bits per heavy atom. The van der Waals surface area contributed by atoms with Gasteiger partial charge in [0, 0.05) is 37.3 Å². The van der Waals surface area contributed by atoms with Gasteiger partial charge < -0.3 is 15.5 Å². The molecule has 1 aliphatic heterocycles. The minimum atomic E-state index is -1.25. The molecule has 0 aromatic heterocycles. The highest BCUT2D eigenvalue weighted by molar-refractivity contribution is 5.89. The lowest BCUT2D eigenvalue weighted by Crippen LogP contribution is -2.65. The van der Waals surface area contributed by atoms with E-state index in [4.69, 9.17) is 0 Å². The number of hydrogen-bond donors (Lipinski definition) is 3. The maximum absolute atomic E-state index is 13.8. The third-order valence-corrected chi connectivity index (χ3v) is 6.07. The van der Waals surface area contributed by atoms with Gasteiger partial charge in [-0.05, 0) is 17.9 Å². The SMILES string of the molecule is CCCC[C@H](CN(O)C=O)C(=O)N[C@H](C(=O)N1CC(NCc2cc(F)c(F)cc2F)C1)C(C)(C)C. The average Bonchev–Trinajstić information content (AvgIpc) is 2.75. The van der Waals surface area contributed by atoms with E-state index < -0.39 is 40.7 Å². The topological polar surface area (TPSA) is 102 Å². The van der Waals surface area contributed by atoms with Gasteiger partial charge in [0.1, 0.15) is 11.9 Å². The molecule has 1 fully saturated rings. The molecule has 0 aliphatic carbocycles. The summed E-state index contributed by atoms with van der Waals surface area (Å²) in [6, 6.07) is 0.290. The van der Waals surface area contributed by atoms with E-state index in [1.54, 1.807) is 4.90 Å². The molecule has 11 heteroatoms. The van der Waals surface area contributed by atoms with Gasteiger partial charge in [0.05, 0.1) is 12.5 Å². The summed E-state index contributed by atoms with van der Waals surface area (Å²) in [6.45, 7) is 7.84. The van der Waals surface area contributed by atoms with Crippen molar-refractivity contribution in [3.63, 3.8) is 0 Å². The molecule has 1 aromatic rings. The molecule has 1 saturated heterocycles. The van der Waals surface area contributed by atoms with Gasteiger partial charge >= 0.3 is 0 Å². The van der Waals surface area contributed by atoms with Crippen molar-refractivity contribution in [1.29, 1.82) is 0 Å². The lowest BCUT2D eigenvalue weighted by Gasteiger charge is -2.44. The van der Waals surface area contributed by atoms with Crippen molar-refractivity contribution in [3.8, 4) is 0 Å². The normalized spacial score (nSPS) is 15.8. The van der Waals surface area contributed by atoms with E-state index in [2.05, 4.69) is 10.6 Å². The molecule has 35 heavy (non-hydrogen) atoms. The summed E-state index contributed by atoms with van der Waals surface area (Å²) in [5.41, 5.74) is -0.626. The van der Waals surface area contributed by atoms with Gasteiger partial charge in [0.2, 0.25) is 18.2 Å². The maximum Gasteiger partial charge on any atom is 0.245 e. The van der Waals surface area contributed by atoms with Crippen LogP contribution in [0.5, 0.6) is 0 Å². The molecule has 2 rings (SSSR count). The summed E-state index contributed by atoms with van der Waals surface area (Å²) in [4.78, 5) is 38.5. The predicted octanol–water partition coefficient (Wildman–Crippen LogP) is 2.59. The number of nitrogens with zero attached hydrogens (tertiary/aromatic N) is 2. The largest absolute Gasteiger partial charge is 0.344 e. The maximum atomic E-state index is 13.8. The van der Waals surface area contributed by atoms with Crippen molar-refractivity contribution >= 4 is 18.2 Å². The van der Waals surface area contributed by atoms with Crippen LogP contribution in [0.3, 0.4) is 0 Å². The lowest BCUT2D eigenvalue weighted by atomic mass is 9.84. The van der Waals surface area contributed by atoms with Crippen LogP contribution in [-0.4, -0.2) is 65.1 Å². The van der Waals surface area contributed by atoms with Crippen LogP contribution in [-0.2, 0) is 20.9 Å². The number of amides is 3. The second-order valence-electron chi connectivity index (χ2n) is 10.1. The Morgan fingerprint density at radius 3 is 2.40 bits per heavy atom. The number of rotatable bonds is 12. The first kappa shape index (κ1) is 28.6. The van der Waals surface area contributed by atoms with Gasteiger partial charge in [-0.1, -0.05) is 40.5 Å². The van der Waals surface area contributed by atoms with E-state index >= 15 is 0 Å². The molecule has 1 heterocycles. The first-order valence-electron chi connectivity index (χ1n) is 11.7. The summed E-state index contributed by atoms with van der Waals surface area (Å²) >= 11 is 0. The Balaban J connectivity index is 1.97. The first-order valence-corrected chi connectivity index (χ1v) is 11.7. The number of halogens is 3. The smallest absolute Gasteiger partial charge is 0.245 e. The molecule has 3 N–H and O–H groups in total. The fourth-order valence-electron chi connectivity index (χ4n) is 3.86. The summed E-state index contributed by atoms with van der Waals surface area (Å²) in [5, 5.41) is 15.8.